The summed E-state index contributed by atoms with van der Waals surface area (Å²) in [5.74, 6) is 1.80. The molecule has 142 valence electrons. The molecule has 0 heterocycles. The molecular weight excluding hydrogens is 445 g/mol. The van der Waals surface area contributed by atoms with Gasteiger partial charge < -0.3 is 25.6 Å². The monoisotopic (exact) mass is 471 g/mol. The number of aliphatic imine (C=N–C) groups is 1. The van der Waals surface area contributed by atoms with Gasteiger partial charge >= 0.3 is 0 Å². The predicted octanol–water partition coefficient (Wildman–Crippen LogP) is 2.46. The predicted molar refractivity (Wildman–Crippen MR) is 114 cm³/mol. The van der Waals surface area contributed by atoms with Gasteiger partial charge in [0.25, 0.3) is 0 Å². The van der Waals surface area contributed by atoms with Crippen LogP contribution in [0.3, 0.4) is 0 Å². The number of halogens is 1. The maximum atomic E-state index is 9.32. The number of hydrogen-bond donors (Lipinski definition) is 3. The fraction of sp³-hybridized carbons (Fsp3) is 0.316. The standard InChI is InChI=1S/C19H25N3O3.HI/c1-24-17-8-7-14(11-18(17)25-2)9-10-21-19(20)22-12-15-5-3-4-6-16(15)13-23;/h3-8,11,23H,9-10,12-13H2,1-2H3,(H3,20,21,22);1H. The second-order valence-electron chi connectivity index (χ2n) is 5.49. The number of ether oxygens (including phenoxy) is 2. The molecule has 0 bridgehead atoms. The highest BCUT2D eigenvalue weighted by Gasteiger charge is 2.04. The van der Waals surface area contributed by atoms with Crippen LogP contribution < -0.4 is 20.5 Å². The highest BCUT2D eigenvalue weighted by atomic mass is 127. The Morgan fingerprint density at radius 3 is 2.42 bits per heavy atom. The summed E-state index contributed by atoms with van der Waals surface area (Å²) in [6.07, 6.45) is 0.782. The third-order valence-electron chi connectivity index (χ3n) is 3.88. The summed E-state index contributed by atoms with van der Waals surface area (Å²) in [4.78, 5) is 4.32. The molecule has 0 saturated carbocycles. The van der Waals surface area contributed by atoms with Crippen molar-refractivity contribution in [1.29, 1.82) is 0 Å². The fourth-order valence-corrected chi connectivity index (χ4v) is 2.46. The summed E-state index contributed by atoms with van der Waals surface area (Å²) in [5, 5.41) is 12.4. The molecule has 7 heteroatoms. The van der Waals surface area contributed by atoms with Crippen molar-refractivity contribution in [3.05, 3.63) is 59.2 Å². The number of aliphatic hydroxyl groups excluding tert-OH is 1. The van der Waals surface area contributed by atoms with Gasteiger partial charge in [-0.2, -0.15) is 0 Å². The Hall–Kier alpha value is -2.00. The van der Waals surface area contributed by atoms with Crippen molar-refractivity contribution in [3.63, 3.8) is 0 Å². The second-order valence-corrected chi connectivity index (χ2v) is 5.49. The van der Waals surface area contributed by atoms with E-state index in [0.29, 0.717) is 30.5 Å². The average Bonchev–Trinajstić information content (AvgIpc) is 2.66. The molecule has 0 saturated heterocycles. The molecule has 0 aliphatic carbocycles. The normalized spacial score (nSPS) is 10.8. The van der Waals surface area contributed by atoms with Crippen molar-refractivity contribution in [2.75, 3.05) is 20.8 Å². The molecule has 6 nitrogen and oxygen atoms in total. The molecule has 0 radical (unpaired) electrons. The summed E-state index contributed by atoms with van der Waals surface area (Å²) in [6, 6.07) is 13.5. The first-order valence-corrected chi connectivity index (χ1v) is 8.10. The van der Waals surface area contributed by atoms with Crippen molar-refractivity contribution < 1.29 is 14.6 Å². The first kappa shape index (κ1) is 22.0. The van der Waals surface area contributed by atoms with Gasteiger partial charge in [-0.25, -0.2) is 4.99 Å². The SMILES string of the molecule is COc1ccc(CCNC(N)=NCc2ccccc2CO)cc1OC.I. The summed E-state index contributed by atoms with van der Waals surface area (Å²) in [7, 11) is 3.24. The summed E-state index contributed by atoms with van der Waals surface area (Å²) in [5.41, 5.74) is 8.86. The van der Waals surface area contributed by atoms with Crippen LogP contribution >= 0.6 is 24.0 Å². The van der Waals surface area contributed by atoms with Crippen LogP contribution in [-0.2, 0) is 19.6 Å². The third-order valence-corrected chi connectivity index (χ3v) is 3.88. The van der Waals surface area contributed by atoms with E-state index >= 15 is 0 Å². The largest absolute Gasteiger partial charge is 0.493 e. The molecule has 0 fully saturated rings. The first-order chi connectivity index (χ1) is 12.2. The van der Waals surface area contributed by atoms with E-state index in [9.17, 15) is 5.11 Å². The lowest BCUT2D eigenvalue weighted by Crippen LogP contribution is -2.33. The van der Waals surface area contributed by atoms with Gasteiger partial charge in [0.1, 0.15) is 0 Å². The van der Waals surface area contributed by atoms with Gasteiger partial charge in [-0.1, -0.05) is 30.3 Å². The van der Waals surface area contributed by atoms with Crippen LogP contribution in [0.15, 0.2) is 47.5 Å². The number of rotatable bonds is 8. The Bertz CT molecular complexity index is 723. The lowest BCUT2D eigenvalue weighted by atomic mass is 10.1. The van der Waals surface area contributed by atoms with Gasteiger partial charge in [0.05, 0.1) is 27.4 Å². The molecule has 0 aliphatic rings. The van der Waals surface area contributed by atoms with E-state index in [1.807, 2.05) is 42.5 Å². The van der Waals surface area contributed by atoms with E-state index in [4.69, 9.17) is 15.2 Å². The molecule has 2 rings (SSSR count). The molecule has 0 aromatic heterocycles. The van der Waals surface area contributed by atoms with Crippen LogP contribution in [0.5, 0.6) is 11.5 Å². The number of nitrogens with one attached hydrogen (secondary N) is 1. The number of nitrogens with two attached hydrogens (primary N) is 1. The molecule has 26 heavy (non-hydrogen) atoms. The Morgan fingerprint density at radius 2 is 1.77 bits per heavy atom. The smallest absolute Gasteiger partial charge is 0.188 e. The summed E-state index contributed by atoms with van der Waals surface area (Å²) < 4.78 is 10.5. The Kier molecular flexibility index (Phi) is 9.82. The first-order valence-electron chi connectivity index (χ1n) is 8.10. The number of hydrogen-bond acceptors (Lipinski definition) is 4. The van der Waals surface area contributed by atoms with Crippen molar-refractivity contribution in [3.8, 4) is 11.5 Å². The number of benzene rings is 2. The van der Waals surface area contributed by atoms with Gasteiger partial charge in [0.2, 0.25) is 0 Å². The number of methoxy groups -OCH3 is 2. The molecule has 0 spiro atoms. The van der Waals surface area contributed by atoms with Crippen molar-refractivity contribution in [1.82, 2.24) is 5.32 Å². The molecule has 2 aromatic rings. The third kappa shape index (κ3) is 6.38. The Morgan fingerprint density at radius 1 is 1.08 bits per heavy atom. The zero-order chi connectivity index (χ0) is 18.1. The van der Waals surface area contributed by atoms with Crippen LogP contribution in [0.4, 0.5) is 0 Å². The molecule has 2 aromatic carbocycles. The molecular formula is C19H26IN3O3. The molecule has 4 N–H and O–H groups in total. The molecule has 0 unspecified atom stereocenters. The van der Waals surface area contributed by atoms with E-state index in [2.05, 4.69) is 10.3 Å². The Balaban J connectivity index is 0.00000338. The number of nitrogens with zero attached hydrogens (tertiary/aromatic N) is 1. The van der Waals surface area contributed by atoms with E-state index in [1.54, 1.807) is 14.2 Å². The van der Waals surface area contributed by atoms with Crippen LogP contribution in [0.1, 0.15) is 16.7 Å². The minimum Gasteiger partial charge on any atom is -0.493 e. The molecule has 0 amide bonds. The van der Waals surface area contributed by atoms with E-state index in [0.717, 1.165) is 23.1 Å². The van der Waals surface area contributed by atoms with Crippen molar-refractivity contribution >= 4 is 29.9 Å². The lowest BCUT2D eigenvalue weighted by Gasteiger charge is -2.10. The highest BCUT2D eigenvalue weighted by molar-refractivity contribution is 14.0. The average molecular weight is 471 g/mol. The van der Waals surface area contributed by atoms with Gasteiger partial charge in [0.15, 0.2) is 17.5 Å². The minimum absolute atomic E-state index is 0. The van der Waals surface area contributed by atoms with E-state index < -0.39 is 0 Å². The lowest BCUT2D eigenvalue weighted by molar-refractivity contribution is 0.280. The maximum Gasteiger partial charge on any atom is 0.188 e. The van der Waals surface area contributed by atoms with Gasteiger partial charge in [0, 0.05) is 6.54 Å². The highest BCUT2D eigenvalue weighted by Crippen LogP contribution is 2.27. The number of aliphatic hydroxyl groups is 1. The Labute approximate surface area is 171 Å². The van der Waals surface area contributed by atoms with Crippen LogP contribution in [0, 0.1) is 0 Å². The second kappa shape index (κ2) is 11.6. The van der Waals surface area contributed by atoms with E-state index in [-0.39, 0.29) is 30.6 Å². The van der Waals surface area contributed by atoms with Gasteiger partial charge in [-0.15, -0.1) is 24.0 Å². The molecule has 0 atom stereocenters. The fourth-order valence-electron chi connectivity index (χ4n) is 2.46. The van der Waals surface area contributed by atoms with Crippen LogP contribution in [0.25, 0.3) is 0 Å². The number of guanidine groups is 1. The van der Waals surface area contributed by atoms with Crippen LogP contribution in [0.2, 0.25) is 0 Å². The van der Waals surface area contributed by atoms with E-state index in [1.165, 1.54) is 0 Å². The summed E-state index contributed by atoms with van der Waals surface area (Å²) >= 11 is 0. The minimum atomic E-state index is -0.00166. The van der Waals surface area contributed by atoms with Crippen molar-refractivity contribution in [2.24, 2.45) is 10.7 Å². The van der Waals surface area contributed by atoms with Gasteiger partial charge in [-0.05, 0) is 35.2 Å². The van der Waals surface area contributed by atoms with Gasteiger partial charge in [-0.3, -0.25) is 0 Å². The zero-order valence-electron chi connectivity index (χ0n) is 15.1. The maximum absolute atomic E-state index is 9.32. The van der Waals surface area contributed by atoms with Crippen LogP contribution in [-0.4, -0.2) is 31.8 Å². The van der Waals surface area contributed by atoms with Crippen molar-refractivity contribution in [2.45, 2.75) is 19.6 Å². The topological polar surface area (TPSA) is 89.1 Å². The zero-order valence-corrected chi connectivity index (χ0v) is 17.4. The summed E-state index contributed by atoms with van der Waals surface area (Å²) in [6.45, 7) is 1.09. The molecule has 0 aliphatic heterocycles. The quantitative estimate of drug-likeness (QED) is 0.313.